The zero-order valence-electron chi connectivity index (χ0n) is 20.2. The maximum atomic E-state index is 6.54. The Kier molecular flexibility index (Phi) is 5.40. The number of rotatable bonds is 6. The lowest BCUT2D eigenvalue weighted by molar-refractivity contribution is 0.179. The molecule has 1 atom stereocenters. The Labute approximate surface area is 198 Å². The van der Waals surface area contributed by atoms with Gasteiger partial charge in [0.1, 0.15) is 22.6 Å². The lowest BCUT2D eigenvalue weighted by Gasteiger charge is -2.27. The van der Waals surface area contributed by atoms with Crippen molar-refractivity contribution in [2.24, 2.45) is 0 Å². The first-order chi connectivity index (χ1) is 16.4. The number of para-hydroxylation sites is 2. The van der Waals surface area contributed by atoms with Crippen molar-refractivity contribution in [3.8, 4) is 5.75 Å². The van der Waals surface area contributed by atoms with Crippen LogP contribution in [0, 0.1) is 27.7 Å². The molecule has 0 aliphatic rings. The third kappa shape index (κ3) is 3.36. The molecule has 172 valence electrons. The number of fused-ring (bicyclic) bond motifs is 2. The molecule has 3 aromatic carbocycles. The highest BCUT2D eigenvalue weighted by Crippen LogP contribution is 2.42. The first-order valence-corrected chi connectivity index (χ1v) is 11.5. The summed E-state index contributed by atoms with van der Waals surface area (Å²) in [5.74, 6) is 0.746. The summed E-state index contributed by atoms with van der Waals surface area (Å²) in [6, 6.07) is 15.5. The van der Waals surface area contributed by atoms with Crippen molar-refractivity contribution in [1.29, 1.82) is 0 Å². The molecular weight excluding hydrogens is 424 g/mol. The Hall–Kier alpha value is -4.00. The minimum atomic E-state index is -0.250. The van der Waals surface area contributed by atoms with E-state index in [-0.39, 0.29) is 6.04 Å². The Balaban J connectivity index is 1.78. The number of allylic oxidation sites excluding steroid dienone is 1. The van der Waals surface area contributed by atoms with E-state index >= 15 is 0 Å². The molecule has 7 nitrogen and oxygen atoms in total. The van der Waals surface area contributed by atoms with Gasteiger partial charge in [-0.05, 0) is 91.4 Å². The van der Waals surface area contributed by atoms with E-state index in [2.05, 4.69) is 61.8 Å². The normalized spacial score (nSPS) is 12.4. The molecule has 5 aromatic rings. The summed E-state index contributed by atoms with van der Waals surface area (Å²) < 4.78 is 1.96. The van der Waals surface area contributed by atoms with Crippen LogP contribution in [0.4, 0.5) is 0 Å². The van der Waals surface area contributed by atoms with E-state index in [0.717, 1.165) is 56.5 Å². The zero-order chi connectivity index (χ0) is 24.0. The van der Waals surface area contributed by atoms with Crippen LogP contribution in [0.5, 0.6) is 5.75 Å². The van der Waals surface area contributed by atoms with E-state index in [4.69, 9.17) is 4.84 Å². The summed E-state index contributed by atoms with van der Waals surface area (Å²) in [6.07, 6.45) is 0.788. The molecule has 0 saturated carbocycles. The van der Waals surface area contributed by atoms with Crippen LogP contribution in [0.15, 0.2) is 60.7 Å². The molecule has 0 saturated heterocycles. The quantitative estimate of drug-likeness (QED) is 0.304. The molecule has 0 aliphatic carbocycles. The highest BCUT2D eigenvalue weighted by molar-refractivity contribution is 5.75. The topological polar surface area (TPSA) is 70.7 Å². The molecule has 0 radical (unpaired) electrons. The molecule has 2 heterocycles. The van der Waals surface area contributed by atoms with Gasteiger partial charge in [-0.25, -0.2) is 4.68 Å². The SMILES string of the molecule is C=C(CC)C(c1c(C)c(C)c(C)c(C)c1On1nnc2ccccc21)n1nnc2ccccc21. The molecule has 0 spiro atoms. The van der Waals surface area contributed by atoms with Gasteiger partial charge in [-0.3, -0.25) is 0 Å². The molecule has 5 rings (SSSR count). The minimum absolute atomic E-state index is 0.250. The van der Waals surface area contributed by atoms with Gasteiger partial charge in [0.25, 0.3) is 0 Å². The number of nitrogens with zero attached hydrogens (tertiary/aromatic N) is 6. The van der Waals surface area contributed by atoms with Crippen molar-refractivity contribution in [3.63, 3.8) is 0 Å². The first-order valence-electron chi connectivity index (χ1n) is 11.5. The Morgan fingerprint density at radius 2 is 1.41 bits per heavy atom. The van der Waals surface area contributed by atoms with Crippen molar-refractivity contribution in [2.75, 3.05) is 0 Å². The van der Waals surface area contributed by atoms with Crippen LogP contribution in [0.25, 0.3) is 22.1 Å². The van der Waals surface area contributed by atoms with E-state index in [0.29, 0.717) is 0 Å². The van der Waals surface area contributed by atoms with E-state index in [9.17, 15) is 0 Å². The standard InChI is InChI=1S/C27H28N6O/c1-7-16(2)26(32-23-14-10-8-12-21(23)28-30-32)25-19(5)17(3)18(4)20(6)27(25)34-33-24-15-11-9-13-22(24)29-31-33/h8-15,26H,2,7H2,1,3-6H3. The monoisotopic (exact) mass is 452 g/mol. The summed E-state index contributed by atoms with van der Waals surface area (Å²) in [5, 5.41) is 17.5. The Bertz CT molecular complexity index is 1540. The van der Waals surface area contributed by atoms with Crippen LogP contribution < -0.4 is 4.84 Å². The molecular formula is C27H28N6O. The molecule has 1 unspecified atom stereocenters. The first kappa shape index (κ1) is 21.8. The molecule has 0 amide bonds. The summed E-state index contributed by atoms with van der Waals surface area (Å²) in [4.78, 5) is 8.04. The van der Waals surface area contributed by atoms with Crippen LogP contribution >= 0.6 is 0 Å². The van der Waals surface area contributed by atoms with E-state index in [1.165, 1.54) is 16.0 Å². The minimum Gasteiger partial charge on any atom is -0.355 e. The van der Waals surface area contributed by atoms with Crippen molar-refractivity contribution >= 4 is 22.1 Å². The van der Waals surface area contributed by atoms with Gasteiger partial charge < -0.3 is 4.84 Å². The Morgan fingerprint density at radius 1 is 0.824 bits per heavy atom. The lowest BCUT2D eigenvalue weighted by Crippen LogP contribution is -2.20. The Morgan fingerprint density at radius 3 is 2.12 bits per heavy atom. The van der Waals surface area contributed by atoms with Crippen LogP contribution in [-0.4, -0.2) is 30.2 Å². The van der Waals surface area contributed by atoms with E-state index in [1.807, 2.05) is 53.2 Å². The number of benzene rings is 3. The maximum absolute atomic E-state index is 6.54. The highest BCUT2D eigenvalue weighted by atomic mass is 16.7. The average Bonchev–Trinajstić information content (AvgIpc) is 3.47. The van der Waals surface area contributed by atoms with Crippen LogP contribution in [0.3, 0.4) is 0 Å². The maximum Gasteiger partial charge on any atom is 0.167 e. The van der Waals surface area contributed by atoms with Gasteiger partial charge in [-0.1, -0.05) is 47.8 Å². The van der Waals surface area contributed by atoms with Gasteiger partial charge in [0, 0.05) is 5.56 Å². The average molecular weight is 453 g/mol. The molecule has 34 heavy (non-hydrogen) atoms. The van der Waals surface area contributed by atoms with Crippen LogP contribution in [0.2, 0.25) is 0 Å². The summed E-state index contributed by atoms with van der Waals surface area (Å²) in [5.41, 5.74) is 10.0. The summed E-state index contributed by atoms with van der Waals surface area (Å²) >= 11 is 0. The van der Waals surface area contributed by atoms with Crippen molar-refractivity contribution in [2.45, 2.75) is 47.1 Å². The fraction of sp³-hybridized carbons (Fsp3) is 0.259. The van der Waals surface area contributed by atoms with Crippen molar-refractivity contribution in [1.82, 2.24) is 30.2 Å². The van der Waals surface area contributed by atoms with Crippen molar-refractivity contribution < 1.29 is 4.84 Å². The molecule has 2 aromatic heterocycles. The van der Waals surface area contributed by atoms with Crippen LogP contribution in [0.1, 0.15) is 47.2 Å². The summed E-state index contributed by atoms with van der Waals surface area (Å²) in [7, 11) is 0. The molecule has 7 heteroatoms. The van der Waals surface area contributed by atoms with E-state index < -0.39 is 0 Å². The van der Waals surface area contributed by atoms with Gasteiger partial charge in [-0.2, -0.15) is 0 Å². The van der Waals surface area contributed by atoms with Crippen molar-refractivity contribution in [3.05, 3.63) is 88.5 Å². The van der Waals surface area contributed by atoms with Gasteiger partial charge in [0.05, 0.1) is 5.52 Å². The largest absolute Gasteiger partial charge is 0.355 e. The number of hydrogen-bond acceptors (Lipinski definition) is 5. The van der Waals surface area contributed by atoms with E-state index in [1.54, 1.807) is 0 Å². The zero-order valence-corrected chi connectivity index (χ0v) is 20.2. The fourth-order valence-electron chi connectivity index (χ4n) is 4.53. The third-order valence-corrected chi connectivity index (χ3v) is 6.91. The highest BCUT2D eigenvalue weighted by Gasteiger charge is 2.29. The smallest absolute Gasteiger partial charge is 0.167 e. The predicted octanol–water partition coefficient (Wildman–Crippen LogP) is 5.81. The molecule has 0 bridgehead atoms. The molecule has 0 aliphatic heterocycles. The van der Waals surface area contributed by atoms with Gasteiger partial charge in [0.15, 0.2) is 5.75 Å². The molecule has 0 fully saturated rings. The fourth-order valence-corrected chi connectivity index (χ4v) is 4.53. The lowest BCUT2D eigenvalue weighted by atomic mass is 9.86. The van der Waals surface area contributed by atoms with Gasteiger partial charge in [0.2, 0.25) is 0 Å². The van der Waals surface area contributed by atoms with Crippen LogP contribution in [-0.2, 0) is 0 Å². The predicted molar refractivity (Wildman–Crippen MR) is 134 cm³/mol. The summed E-state index contributed by atoms with van der Waals surface area (Å²) in [6.45, 7) is 15.1. The number of hydrogen-bond donors (Lipinski definition) is 0. The third-order valence-electron chi connectivity index (χ3n) is 6.91. The number of aromatic nitrogens is 6. The second-order valence-electron chi connectivity index (χ2n) is 8.72. The second-order valence-corrected chi connectivity index (χ2v) is 8.72. The van der Waals surface area contributed by atoms with Gasteiger partial charge >= 0.3 is 0 Å². The second kappa shape index (κ2) is 8.41. The molecule has 0 N–H and O–H groups in total. The van der Waals surface area contributed by atoms with Gasteiger partial charge in [-0.15, -0.1) is 10.2 Å².